The van der Waals surface area contributed by atoms with Crippen LogP contribution in [0.4, 0.5) is 0 Å². The van der Waals surface area contributed by atoms with Crippen molar-refractivity contribution in [2.24, 2.45) is 7.05 Å². The van der Waals surface area contributed by atoms with Crippen molar-refractivity contribution in [1.82, 2.24) is 9.55 Å². The van der Waals surface area contributed by atoms with Gasteiger partial charge >= 0.3 is 0 Å². The van der Waals surface area contributed by atoms with Crippen LogP contribution in [0.2, 0.25) is 5.15 Å². The van der Waals surface area contributed by atoms with E-state index in [4.69, 9.17) is 11.6 Å². The van der Waals surface area contributed by atoms with E-state index in [9.17, 15) is 4.79 Å². The zero-order valence-electron chi connectivity index (χ0n) is 7.28. The lowest BCUT2D eigenvalue weighted by Gasteiger charge is -1.98. The molecule has 0 unspecified atom stereocenters. The molecule has 0 atom stereocenters. The fourth-order valence-corrected chi connectivity index (χ4v) is 1.60. The minimum absolute atomic E-state index is 0. The Balaban J connectivity index is 0.00000144. The molecule has 0 bridgehead atoms. The summed E-state index contributed by atoms with van der Waals surface area (Å²) in [6, 6.07) is 0. The van der Waals surface area contributed by atoms with Crippen LogP contribution in [0.15, 0.2) is 11.4 Å². The fraction of sp³-hybridized carbons (Fsp3) is 0.429. The Kier molecular flexibility index (Phi) is 5.44. The van der Waals surface area contributed by atoms with Gasteiger partial charge in [-0.3, -0.25) is 4.79 Å². The maximum absolute atomic E-state index is 10.6. The van der Waals surface area contributed by atoms with E-state index in [1.807, 2.05) is 7.05 Å². The number of hydrogen-bond donors (Lipinski definition) is 0. The van der Waals surface area contributed by atoms with Gasteiger partial charge in [0.25, 0.3) is 0 Å². The van der Waals surface area contributed by atoms with Crippen molar-refractivity contribution in [2.45, 2.75) is 12.1 Å². The lowest BCUT2D eigenvalue weighted by atomic mass is 10.5. The van der Waals surface area contributed by atoms with Gasteiger partial charge in [-0.15, -0.1) is 12.4 Å². The molecule has 0 amide bonds. The van der Waals surface area contributed by atoms with Gasteiger partial charge in [-0.05, 0) is 6.92 Å². The molecule has 0 aliphatic carbocycles. The zero-order chi connectivity index (χ0) is 9.14. The third-order valence-corrected chi connectivity index (χ3v) is 2.83. The average molecular weight is 241 g/mol. The molecule has 74 valence electrons. The highest BCUT2D eigenvalue weighted by molar-refractivity contribution is 7.99. The lowest BCUT2D eigenvalue weighted by Crippen LogP contribution is -1.97. The van der Waals surface area contributed by atoms with E-state index in [1.54, 1.807) is 17.7 Å². The summed E-state index contributed by atoms with van der Waals surface area (Å²) >= 11 is 7.14. The predicted octanol–water partition coefficient (Wildman–Crippen LogP) is 2.18. The SMILES string of the molecule is CC(=O)CSc1ncc(Cl)n1C.Cl. The first kappa shape index (κ1) is 12.8. The van der Waals surface area contributed by atoms with Crippen molar-refractivity contribution < 1.29 is 4.79 Å². The average Bonchev–Trinajstić information content (AvgIpc) is 2.30. The minimum atomic E-state index is 0. The van der Waals surface area contributed by atoms with Crippen molar-refractivity contribution >= 4 is 41.6 Å². The van der Waals surface area contributed by atoms with Crippen molar-refractivity contribution in [3.63, 3.8) is 0 Å². The molecule has 0 aromatic carbocycles. The molecule has 0 saturated heterocycles. The van der Waals surface area contributed by atoms with Crippen LogP contribution in [0.1, 0.15) is 6.92 Å². The van der Waals surface area contributed by atoms with E-state index in [-0.39, 0.29) is 18.2 Å². The summed E-state index contributed by atoms with van der Waals surface area (Å²) in [4.78, 5) is 14.7. The fourth-order valence-electron chi connectivity index (χ4n) is 0.673. The number of aromatic nitrogens is 2. The van der Waals surface area contributed by atoms with Gasteiger partial charge in [0, 0.05) is 7.05 Å². The highest BCUT2D eigenvalue weighted by atomic mass is 35.5. The van der Waals surface area contributed by atoms with Crippen LogP contribution in [0.25, 0.3) is 0 Å². The predicted molar refractivity (Wildman–Crippen MR) is 56.9 cm³/mol. The third-order valence-electron chi connectivity index (χ3n) is 1.29. The van der Waals surface area contributed by atoms with Crippen LogP contribution in [0, 0.1) is 0 Å². The Labute approximate surface area is 92.3 Å². The molecule has 6 heteroatoms. The molecular weight excluding hydrogens is 231 g/mol. The zero-order valence-corrected chi connectivity index (χ0v) is 9.67. The third kappa shape index (κ3) is 3.58. The van der Waals surface area contributed by atoms with Gasteiger partial charge in [0.2, 0.25) is 0 Å². The van der Waals surface area contributed by atoms with Gasteiger partial charge in [0.15, 0.2) is 5.16 Å². The molecule has 1 aromatic heterocycles. The summed E-state index contributed by atoms with van der Waals surface area (Å²) in [5, 5.41) is 1.36. The Morgan fingerprint density at radius 1 is 1.77 bits per heavy atom. The van der Waals surface area contributed by atoms with E-state index in [2.05, 4.69) is 4.98 Å². The number of rotatable bonds is 3. The molecule has 13 heavy (non-hydrogen) atoms. The highest BCUT2D eigenvalue weighted by Crippen LogP contribution is 2.19. The number of Topliss-reactive ketones (excluding diaryl/α,β-unsaturated/α-hetero) is 1. The normalized spacial score (nSPS) is 9.46. The van der Waals surface area contributed by atoms with E-state index >= 15 is 0 Å². The van der Waals surface area contributed by atoms with Gasteiger partial charge in [-0.2, -0.15) is 0 Å². The first-order chi connectivity index (χ1) is 5.61. The number of nitrogens with zero attached hydrogens (tertiary/aromatic N) is 2. The summed E-state index contributed by atoms with van der Waals surface area (Å²) in [6.45, 7) is 1.55. The Bertz CT molecular complexity index is 301. The van der Waals surface area contributed by atoms with Gasteiger partial charge < -0.3 is 4.57 Å². The second kappa shape index (κ2) is 5.52. The Hall–Kier alpha value is -0.190. The van der Waals surface area contributed by atoms with Crippen LogP contribution < -0.4 is 0 Å². The van der Waals surface area contributed by atoms with Crippen LogP contribution >= 0.6 is 35.8 Å². The number of ketones is 1. The second-order valence-electron chi connectivity index (χ2n) is 2.41. The number of halogens is 2. The maximum atomic E-state index is 10.6. The van der Waals surface area contributed by atoms with Crippen molar-refractivity contribution in [3.8, 4) is 0 Å². The number of thioether (sulfide) groups is 1. The number of carbonyl (C=O) groups excluding carboxylic acids is 1. The highest BCUT2D eigenvalue weighted by Gasteiger charge is 2.05. The quantitative estimate of drug-likeness (QED) is 0.761. The molecule has 3 nitrogen and oxygen atoms in total. The van der Waals surface area contributed by atoms with Gasteiger partial charge in [-0.1, -0.05) is 23.4 Å². The molecule has 0 radical (unpaired) electrons. The van der Waals surface area contributed by atoms with Crippen LogP contribution in [-0.2, 0) is 11.8 Å². The Morgan fingerprint density at radius 3 is 2.77 bits per heavy atom. The molecular formula is C7H10Cl2N2OS. The second-order valence-corrected chi connectivity index (χ2v) is 3.74. The van der Waals surface area contributed by atoms with Gasteiger partial charge in [0.1, 0.15) is 10.9 Å². The van der Waals surface area contributed by atoms with Crippen molar-refractivity contribution in [1.29, 1.82) is 0 Å². The topological polar surface area (TPSA) is 34.9 Å². The summed E-state index contributed by atoms with van der Waals surface area (Å²) in [5.74, 6) is 0.584. The monoisotopic (exact) mass is 240 g/mol. The molecule has 0 aliphatic heterocycles. The molecule has 0 spiro atoms. The first-order valence-corrected chi connectivity index (χ1v) is 4.77. The van der Waals surface area contributed by atoms with E-state index in [0.717, 1.165) is 5.16 Å². The molecule has 0 fully saturated rings. The molecule has 0 aliphatic rings. The number of hydrogen-bond acceptors (Lipinski definition) is 3. The molecule has 0 saturated carbocycles. The first-order valence-electron chi connectivity index (χ1n) is 3.40. The van der Waals surface area contributed by atoms with Crippen molar-refractivity contribution in [2.75, 3.05) is 5.75 Å². The van der Waals surface area contributed by atoms with E-state index in [0.29, 0.717) is 10.9 Å². The summed E-state index contributed by atoms with van der Waals surface area (Å²) in [6.07, 6.45) is 1.57. The van der Waals surface area contributed by atoms with Crippen molar-refractivity contribution in [3.05, 3.63) is 11.3 Å². The van der Waals surface area contributed by atoms with Gasteiger partial charge in [0.05, 0.1) is 11.9 Å². The summed E-state index contributed by atoms with van der Waals surface area (Å²) in [7, 11) is 1.82. The minimum Gasteiger partial charge on any atom is -0.313 e. The number of carbonyl (C=O) groups is 1. The Morgan fingerprint density at radius 2 is 2.38 bits per heavy atom. The smallest absolute Gasteiger partial charge is 0.169 e. The largest absolute Gasteiger partial charge is 0.313 e. The molecule has 0 N–H and O–H groups in total. The lowest BCUT2D eigenvalue weighted by molar-refractivity contribution is -0.114. The number of imidazole rings is 1. The molecule has 1 aromatic rings. The molecule has 1 heterocycles. The summed E-state index contributed by atoms with van der Waals surface area (Å²) in [5.41, 5.74) is 0. The van der Waals surface area contributed by atoms with Gasteiger partial charge in [-0.25, -0.2) is 4.98 Å². The van der Waals surface area contributed by atoms with E-state index in [1.165, 1.54) is 11.8 Å². The van der Waals surface area contributed by atoms with E-state index < -0.39 is 0 Å². The van der Waals surface area contributed by atoms with Crippen LogP contribution in [-0.4, -0.2) is 21.1 Å². The maximum Gasteiger partial charge on any atom is 0.169 e. The van der Waals surface area contributed by atoms with Crippen LogP contribution in [0.5, 0.6) is 0 Å². The summed E-state index contributed by atoms with van der Waals surface area (Å²) < 4.78 is 1.75. The van der Waals surface area contributed by atoms with Crippen LogP contribution in [0.3, 0.4) is 0 Å². The molecule has 1 rings (SSSR count). The standard InChI is InChI=1S/C7H9ClN2OS.ClH/c1-5(11)4-12-7-9-3-6(8)10(7)2;/h3H,4H2,1-2H3;1H.